The minimum absolute atomic E-state index is 0.557. The van der Waals surface area contributed by atoms with Crippen LogP contribution in [0.3, 0.4) is 0 Å². The Morgan fingerprint density at radius 2 is 1.71 bits per heavy atom. The lowest BCUT2D eigenvalue weighted by atomic mass is 10.3. The molecule has 0 saturated heterocycles. The lowest BCUT2D eigenvalue weighted by molar-refractivity contribution is 0.395. The molecule has 0 atom stereocenters. The van der Waals surface area contributed by atoms with Crippen molar-refractivity contribution in [2.24, 2.45) is 0 Å². The van der Waals surface area contributed by atoms with Crippen LogP contribution < -0.4 is 20.1 Å². The second-order valence-electron chi connectivity index (χ2n) is 4.78. The molecule has 0 fully saturated rings. The molecule has 0 aliphatic rings. The fraction of sp³-hybridized carbons (Fsp3) is 0.235. The van der Waals surface area contributed by atoms with Crippen LogP contribution in [0.4, 0.5) is 5.69 Å². The van der Waals surface area contributed by atoms with Gasteiger partial charge in [0.1, 0.15) is 11.5 Å². The van der Waals surface area contributed by atoms with E-state index in [1.807, 2.05) is 42.5 Å². The Hall–Kier alpha value is -1.63. The summed E-state index contributed by atoms with van der Waals surface area (Å²) in [6, 6.07) is 13.3. The smallest absolute Gasteiger partial charge is 0.170 e. The number of benzene rings is 2. The molecule has 0 bridgehead atoms. The van der Waals surface area contributed by atoms with Crippen molar-refractivity contribution in [1.82, 2.24) is 5.32 Å². The molecule has 0 unspecified atom stereocenters. The first-order valence-electron chi connectivity index (χ1n) is 7.27. The molecule has 2 rings (SSSR count). The van der Waals surface area contributed by atoms with Crippen molar-refractivity contribution in [3.05, 3.63) is 47.5 Å². The van der Waals surface area contributed by atoms with Gasteiger partial charge in [0.15, 0.2) is 5.11 Å². The van der Waals surface area contributed by atoms with E-state index in [1.165, 1.54) is 4.90 Å². The number of ether oxygens (including phenoxy) is 2. The molecule has 0 aliphatic heterocycles. The molecule has 0 aromatic heterocycles. The molecule has 0 heterocycles. The second kappa shape index (κ2) is 9.61. The Morgan fingerprint density at radius 1 is 1.08 bits per heavy atom. The molecular weight excluding hydrogens is 364 g/mol. The van der Waals surface area contributed by atoms with Crippen LogP contribution in [0.2, 0.25) is 5.02 Å². The summed E-state index contributed by atoms with van der Waals surface area (Å²) < 4.78 is 10.5. The van der Waals surface area contributed by atoms with Gasteiger partial charge in [-0.05, 0) is 36.5 Å². The lowest BCUT2D eigenvalue weighted by Gasteiger charge is -2.12. The van der Waals surface area contributed by atoms with Gasteiger partial charge in [-0.15, -0.1) is 11.8 Å². The van der Waals surface area contributed by atoms with Crippen LogP contribution in [0, 0.1) is 0 Å². The molecule has 2 aromatic carbocycles. The van der Waals surface area contributed by atoms with Crippen molar-refractivity contribution < 1.29 is 9.47 Å². The minimum Gasteiger partial charge on any atom is -0.497 e. The summed E-state index contributed by atoms with van der Waals surface area (Å²) in [6.07, 6.45) is 0. The van der Waals surface area contributed by atoms with Crippen molar-refractivity contribution in [3.63, 3.8) is 0 Å². The van der Waals surface area contributed by atoms with E-state index in [2.05, 4.69) is 10.6 Å². The van der Waals surface area contributed by atoms with Crippen LogP contribution in [0.5, 0.6) is 11.5 Å². The molecular formula is C17H19ClN2O2S2. The molecule has 0 spiro atoms. The molecule has 24 heavy (non-hydrogen) atoms. The Labute approximate surface area is 156 Å². The zero-order chi connectivity index (χ0) is 17.4. The van der Waals surface area contributed by atoms with E-state index in [0.29, 0.717) is 16.6 Å². The SMILES string of the molecule is COc1cc(NC(=S)NCCSc2ccc(Cl)cc2)cc(OC)c1. The summed E-state index contributed by atoms with van der Waals surface area (Å²) in [5, 5.41) is 7.61. The Kier molecular flexibility index (Phi) is 7.49. The van der Waals surface area contributed by atoms with Gasteiger partial charge in [0.05, 0.1) is 14.2 Å². The largest absolute Gasteiger partial charge is 0.497 e. The van der Waals surface area contributed by atoms with E-state index in [1.54, 1.807) is 26.0 Å². The van der Waals surface area contributed by atoms with Gasteiger partial charge in [0.25, 0.3) is 0 Å². The highest BCUT2D eigenvalue weighted by atomic mass is 35.5. The third-order valence-electron chi connectivity index (χ3n) is 3.08. The van der Waals surface area contributed by atoms with Gasteiger partial charge < -0.3 is 20.1 Å². The Bertz CT molecular complexity index is 659. The van der Waals surface area contributed by atoms with Crippen molar-refractivity contribution in [2.75, 3.05) is 31.8 Å². The number of rotatable bonds is 7. The molecule has 0 radical (unpaired) electrons. The van der Waals surface area contributed by atoms with Crippen molar-refractivity contribution in [1.29, 1.82) is 0 Å². The maximum Gasteiger partial charge on any atom is 0.170 e. The van der Waals surface area contributed by atoms with E-state index in [-0.39, 0.29) is 0 Å². The quantitative estimate of drug-likeness (QED) is 0.419. The predicted octanol–water partition coefficient (Wildman–Crippen LogP) is 4.44. The molecule has 128 valence electrons. The van der Waals surface area contributed by atoms with Crippen LogP contribution in [0.1, 0.15) is 0 Å². The number of hydrogen-bond donors (Lipinski definition) is 2. The number of nitrogens with one attached hydrogen (secondary N) is 2. The molecule has 7 heteroatoms. The van der Waals surface area contributed by atoms with Crippen LogP contribution in [0.15, 0.2) is 47.4 Å². The number of thiocarbonyl (C=S) groups is 1. The van der Waals surface area contributed by atoms with Crippen molar-refractivity contribution in [3.8, 4) is 11.5 Å². The average molecular weight is 383 g/mol. The van der Waals surface area contributed by atoms with Crippen molar-refractivity contribution >= 4 is 46.4 Å². The van der Waals surface area contributed by atoms with E-state index in [9.17, 15) is 0 Å². The van der Waals surface area contributed by atoms with E-state index < -0.39 is 0 Å². The van der Waals surface area contributed by atoms with Crippen LogP contribution in [-0.2, 0) is 0 Å². The normalized spacial score (nSPS) is 10.1. The molecule has 2 aromatic rings. The zero-order valence-electron chi connectivity index (χ0n) is 13.5. The van der Waals surface area contributed by atoms with Gasteiger partial charge in [0, 0.05) is 46.1 Å². The number of halogens is 1. The van der Waals surface area contributed by atoms with Gasteiger partial charge in [-0.25, -0.2) is 0 Å². The predicted molar refractivity (Wildman–Crippen MR) is 106 cm³/mol. The van der Waals surface area contributed by atoms with E-state index >= 15 is 0 Å². The average Bonchev–Trinajstić information content (AvgIpc) is 2.59. The highest BCUT2D eigenvalue weighted by Gasteiger charge is 2.04. The maximum absolute atomic E-state index is 5.87. The third-order valence-corrected chi connectivity index (χ3v) is 4.59. The topological polar surface area (TPSA) is 42.5 Å². The van der Waals surface area contributed by atoms with Gasteiger partial charge in [-0.3, -0.25) is 0 Å². The van der Waals surface area contributed by atoms with Gasteiger partial charge >= 0.3 is 0 Å². The van der Waals surface area contributed by atoms with Crippen LogP contribution in [-0.4, -0.2) is 31.6 Å². The van der Waals surface area contributed by atoms with E-state index in [0.717, 1.165) is 23.0 Å². The minimum atomic E-state index is 0.557. The summed E-state index contributed by atoms with van der Waals surface area (Å²) >= 11 is 12.9. The first-order valence-corrected chi connectivity index (χ1v) is 9.04. The number of hydrogen-bond acceptors (Lipinski definition) is 4. The molecule has 0 aliphatic carbocycles. The first-order chi connectivity index (χ1) is 11.6. The summed E-state index contributed by atoms with van der Waals surface area (Å²) in [6.45, 7) is 0.750. The van der Waals surface area contributed by atoms with Crippen LogP contribution >= 0.6 is 35.6 Å². The monoisotopic (exact) mass is 382 g/mol. The molecule has 0 saturated carbocycles. The fourth-order valence-corrected chi connectivity index (χ4v) is 3.03. The lowest BCUT2D eigenvalue weighted by Crippen LogP contribution is -2.30. The first kappa shape index (κ1) is 18.7. The Morgan fingerprint density at radius 3 is 2.29 bits per heavy atom. The van der Waals surface area contributed by atoms with Gasteiger partial charge in [0.2, 0.25) is 0 Å². The Balaban J connectivity index is 1.78. The highest BCUT2D eigenvalue weighted by molar-refractivity contribution is 7.99. The maximum atomic E-state index is 5.87. The number of methoxy groups -OCH3 is 2. The van der Waals surface area contributed by atoms with Gasteiger partial charge in [-0.1, -0.05) is 11.6 Å². The number of anilines is 1. The zero-order valence-corrected chi connectivity index (χ0v) is 15.9. The highest BCUT2D eigenvalue weighted by Crippen LogP contribution is 2.25. The summed E-state index contributed by atoms with van der Waals surface area (Å²) in [5.74, 6) is 2.31. The van der Waals surface area contributed by atoms with Gasteiger partial charge in [-0.2, -0.15) is 0 Å². The summed E-state index contributed by atoms with van der Waals surface area (Å²) in [4.78, 5) is 1.18. The summed E-state index contributed by atoms with van der Waals surface area (Å²) in [7, 11) is 3.23. The fourth-order valence-electron chi connectivity index (χ4n) is 1.92. The second-order valence-corrected chi connectivity index (χ2v) is 6.80. The number of thioether (sulfide) groups is 1. The summed E-state index contributed by atoms with van der Waals surface area (Å²) in [5.41, 5.74) is 0.814. The molecule has 0 amide bonds. The molecule has 2 N–H and O–H groups in total. The molecule has 4 nitrogen and oxygen atoms in total. The van der Waals surface area contributed by atoms with Crippen LogP contribution in [0.25, 0.3) is 0 Å². The third kappa shape index (κ3) is 6.11. The standard InChI is InChI=1S/C17H19ClN2O2S2/c1-21-14-9-13(10-15(11-14)22-2)20-17(23)19-7-8-24-16-5-3-12(18)4-6-16/h3-6,9-11H,7-8H2,1-2H3,(H2,19,20,23). The van der Waals surface area contributed by atoms with E-state index in [4.69, 9.17) is 33.3 Å². The van der Waals surface area contributed by atoms with Crippen molar-refractivity contribution in [2.45, 2.75) is 4.90 Å².